The van der Waals surface area contributed by atoms with Crippen LogP contribution in [0.4, 0.5) is 10.5 Å². The average Bonchev–Trinajstić information content (AvgIpc) is 3.14. The van der Waals surface area contributed by atoms with Gasteiger partial charge in [0.1, 0.15) is 10.7 Å². The van der Waals surface area contributed by atoms with E-state index in [0.29, 0.717) is 25.3 Å². The van der Waals surface area contributed by atoms with Gasteiger partial charge in [0.15, 0.2) is 0 Å². The van der Waals surface area contributed by atoms with E-state index >= 15 is 0 Å². The van der Waals surface area contributed by atoms with E-state index in [1.165, 1.54) is 11.3 Å². The summed E-state index contributed by atoms with van der Waals surface area (Å²) in [7, 11) is 0. The largest absolute Gasteiger partial charge is 0.372 e. The quantitative estimate of drug-likeness (QED) is 0.804. The molecule has 1 aliphatic rings. The Bertz CT molecular complexity index is 829. The van der Waals surface area contributed by atoms with Crippen LogP contribution in [-0.2, 0) is 11.3 Å². The molecule has 1 aromatic carbocycles. The maximum Gasteiger partial charge on any atom is 0.322 e. The van der Waals surface area contributed by atoms with Crippen molar-refractivity contribution in [2.24, 2.45) is 0 Å². The molecule has 3 amide bonds. The topological polar surface area (TPSA) is 74.8 Å². The van der Waals surface area contributed by atoms with Crippen molar-refractivity contribution in [2.75, 3.05) is 18.4 Å². The van der Waals surface area contributed by atoms with Crippen molar-refractivity contribution >= 4 is 29.0 Å². The van der Waals surface area contributed by atoms with Crippen molar-refractivity contribution in [3.8, 4) is 0 Å². The lowest BCUT2D eigenvalue weighted by molar-refractivity contribution is -0.0587. The van der Waals surface area contributed by atoms with Crippen molar-refractivity contribution in [3.63, 3.8) is 0 Å². The summed E-state index contributed by atoms with van der Waals surface area (Å²) in [5.41, 5.74) is 1.17. The number of nitrogens with zero attached hydrogens (tertiary/aromatic N) is 3. The predicted octanol–water partition coefficient (Wildman–Crippen LogP) is 3.84. The fraction of sp³-hybridized carbons (Fsp3) is 0.476. The second kappa shape index (κ2) is 9.37. The van der Waals surface area contributed by atoms with Crippen LogP contribution in [-0.4, -0.2) is 58.1 Å². The van der Waals surface area contributed by atoms with Crippen LogP contribution in [0.3, 0.4) is 0 Å². The van der Waals surface area contributed by atoms with E-state index in [2.05, 4.69) is 10.3 Å². The van der Waals surface area contributed by atoms with Crippen LogP contribution in [0.25, 0.3) is 0 Å². The lowest BCUT2D eigenvalue weighted by atomic mass is 10.2. The first kappa shape index (κ1) is 21.3. The van der Waals surface area contributed by atoms with Gasteiger partial charge in [-0.25, -0.2) is 9.78 Å². The molecule has 156 valence electrons. The molecule has 29 heavy (non-hydrogen) atoms. The number of hydrogen-bond donors (Lipinski definition) is 1. The number of urea groups is 1. The highest BCUT2D eigenvalue weighted by molar-refractivity contribution is 7.09. The van der Waals surface area contributed by atoms with E-state index in [0.717, 1.165) is 10.7 Å². The van der Waals surface area contributed by atoms with Crippen LogP contribution in [0.2, 0.25) is 0 Å². The van der Waals surface area contributed by atoms with E-state index < -0.39 is 0 Å². The minimum absolute atomic E-state index is 0.0114. The molecule has 2 atom stereocenters. The number of benzene rings is 1. The number of aromatic nitrogens is 1. The highest BCUT2D eigenvalue weighted by atomic mass is 32.1. The lowest BCUT2D eigenvalue weighted by Gasteiger charge is -2.34. The Morgan fingerprint density at radius 1 is 1.24 bits per heavy atom. The Kier molecular flexibility index (Phi) is 6.87. The number of rotatable bonds is 5. The Morgan fingerprint density at radius 2 is 1.90 bits per heavy atom. The fourth-order valence-corrected chi connectivity index (χ4v) is 4.10. The molecule has 1 saturated heterocycles. The third kappa shape index (κ3) is 5.55. The SMILES string of the molecule is CC(C)N(Cc1nc(C(=O)N2C[C@@H](C)O[C@@H](C)C2)cs1)C(=O)Nc1ccccc1. The second-order valence-electron chi connectivity index (χ2n) is 7.61. The van der Waals surface area contributed by atoms with Crippen LogP contribution in [0.1, 0.15) is 43.2 Å². The van der Waals surface area contributed by atoms with E-state index in [4.69, 9.17) is 4.74 Å². The van der Waals surface area contributed by atoms with Gasteiger partial charge in [-0.05, 0) is 39.8 Å². The number of thiazole rings is 1. The van der Waals surface area contributed by atoms with E-state index in [9.17, 15) is 9.59 Å². The van der Waals surface area contributed by atoms with E-state index in [1.54, 1.807) is 15.2 Å². The smallest absolute Gasteiger partial charge is 0.322 e. The van der Waals surface area contributed by atoms with Crippen LogP contribution in [0.15, 0.2) is 35.7 Å². The van der Waals surface area contributed by atoms with E-state index in [-0.39, 0.29) is 30.2 Å². The highest BCUT2D eigenvalue weighted by Crippen LogP contribution is 2.19. The molecule has 1 aromatic heterocycles. The fourth-order valence-electron chi connectivity index (χ4n) is 3.34. The summed E-state index contributed by atoms with van der Waals surface area (Å²) in [5, 5.41) is 5.42. The Morgan fingerprint density at radius 3 is 2.52 bits per heavy atom. The van der Waals surface area contributed by atoms with Gasteiger partial charge in [0.25, 0.3) is 5.91 Å². The summed E-state index contributed by atoms with van der Waals surface area (Å²) >= 11 is 1.40. The summed E-state index contributed by atoms with van der Waals surface area (Å²) in [6, 6.07) is 9.15. The standard InChI is InChI=1S/C21H28N4O3S/c1-14(2)25(21(27)22-17-8-6-5-7-9-17)12-19-23-18(13-29-19)20(26)24-10-15(3)28-16(4)11-24/h5-9,13-16H,10-12H2,1-4H3,(H,22,27)/t15-,16+. The molecular formula is C21H28N4O3S. The first-order valence-corrected chi connectivity index (χ1v) is 10.7. The number of amides is 3. The molecule has 1 N–H and O–H groups in total. The number of morpholine rings is 1. The van der Waals surface area contributed by atoms with Crippen LogP contribution < -0.4 is 5.32 Å². The van der Waals surface area contributed by atoms with Crippen molar-refractivity contribution in [1.29, 1.82) is 0 Å². The molecular weight excluding hydrogens is 388 g/mol. The molecule has 2 heterocycles. The molecule has 0 radical (unpaired) electrons. The maximum atomic E-state index is 12.8. The minimum Gasteiger partial charge on any atom is -0.372 e. The molecule has 0 unspecified atom stereocenters. The van der Waals surface area contributed by atoms with Gasteiger partial charge in [0.05, 0.1) is 18.8 Å². The Hall–Kier alpha value is -2.45. The zero-order chi connectivity index (χ0) is 21.0. The third-order valence-corrected chi connectivity index (χ3v) is 5.53. The number of carbonyl (C=O) groups excluding carboxylic acids is 2. The Balaban J connectivity index is 1.66. The summed E-state index contributed by atoms with van der Waals surface area (Å²) < 4.78 is 5.70. The molecule has 8 heteroatoms. The molecule has 7 nitrogen and oxygen atoms in total. The van der Waals surface area contributed by atoms with Crippen LogP contribution in [0, 0.1) is 0 Å². The number of anilines is 1. The van der Waals surface area contributed by atoms with Gasteiger partial charge in [-0.3, -0.25) is 4.79 Å². The lowest BCUT2D eigenvalue weighted by Crippen LogP contribution is -2.48. The predicted molar refractivity (Wildman–Crippen MR) is 114 cm³/mol. The number of hydrogen-bond acceptors (Lipinski definition) is 5. The summed E-state index contributed by atoms with van der Waals surface area (Å²) in [4.78, 5) is 33.6. The molecule has 0 saturated carbocycles. The summed E-state index contributed by atoms with van der Waals surface area (Å²) in [6.07, 6.45) is 0.0258. The second-order valence-corrected chi connectivity index (χ2v) is 8.55. The number of ether oxygens (including phenoxy) is 1. The van der Waals surface area contributed by atoms with Crippen molar-refractivity contribution < 1.29 is 14.3 Å². The van der Waals surface area contributed by atoms with Gasteiger partial charge in [-0.15, -0.1) is 11.3 Å². The van der Waals surface area contributed by atoms with E-state index in [1.807, 2.05) is 58.0 Å². The van der Waals surface area contributed by atoms with Gasteiger partial charge in [0.2, 0.25) is 0 Å². The first-order valence-electron chi connectivity index (χ1n) is 9.85. The normalized spacial score (nSPS) is 19.3. The number of nitrogens with one attached hydrogen (secondary N) is 1. The Labute approximate surface area is 175 Å². The monoisotopic (exact) mass is 416 g/mol. The van der Waals surface area contributed by atoms with Gasteiger partial charge < -0.3 is 19.9 Å². The maximum absolute atomic E-state index is 12.8. The molecule has 1 fully saturated rings. The van der Waals surface area contributed by atoms with Gasteiger partial charge >= 0.3 is 6.03 Å². The van der Waals surface area contributed by atoms with Gasteiger partial charge in [0, 0.05) is 30.2 Å². The average molecular weight is 417 g/mol. The summed E-state index contributed by atoms with van der Waals surface area (Å²) in [5.74, 6) is -0.0839. The number of para-hydroxylation sites is 1. The molecule has 0 bridgehead atoms. The summed E-state index contributed by atoms with van der Waals surface area (Å²) in [6.45, 7) is 9.33. The van der Waals surface area contributed by atoms with Crippen molar-refractivity contribution in [1.82, 2.24) is 14.8 Å². The number of carbonyl (C=O) groups is 2. The van der Waals surface area contributed by atoms with Gasteiger partial charge in [-0.1, -0.05) is 18.2 Å². The van der Waals surface area contributed by atoms with Crippen LogP contribution >= 0.6 is 11.3 Å². The molecule has 3 rings (SSSR count). The molecule has 1 aliphatic heterocycles. The van der Waals surface area contributed by atoms with Crippen molar-refractivity contribution in [3.05, 3.63) is 46.4 Å². The highest BCUT2D eigenvalue weighted by Gasteiger charge is 2.28. The molecule has 2 aromatic rings. The zero-order valence-electron chi connectivity index (χ0n) is 17.3. The molecule has 0 aliphatic carbocycles. The van der Waals surface area contributed by atoms with Crippen molar-refractivity contribution in [2.45, 2.75) is 52.5 Å². The van der Waals surface area contributed by atoms with Gasteiger partial charge in [-0.2, -0.15) is 0 Å². The van der Waals surface area contributed by atoms with Crippen LogP contribution in [0.5, 0.6) is 0 Å². The molecule has 0 spiro atoms. The first-order chi connectivity index (χ1) is 13.8. The minimum atomic E-state index is -0.190. The zero-order valence-corrected chi connectivity index (χ0v) is 18.1. The third-order valence-electron chi connectivity index (χ3n) is 4.69.